The van der Waals surface area contributed by atoms with Crippen LogP contribution < -0.4 is 4.90 Å². The second-order valence-electron chi connectivity index (χ2n) is 8.44. The highest BCUT2D eigenvalue weighted by molar-refractivity contribution is 7.09. The van der Waals surface area contributed by atoms with Gasteiger partial charge in [0.05, 0.1) is 18.1 Å². The fraction of sp³-hybridized carbons (Fsp3) is 0.348. The maximum Gasteiger partial charge on any atom is 0.490 e. The molecule has 0 aliphatic carbocycles. The SMILES string of the molecule is Cn1cc(-c2cnc3c(N4CCN(Cc5cccs5)CC4)nccn23)cn1.O=C(O)C(F)(F)F.O=C(O)C(F)(F)F. The molecule has 1 fully saturated rings. The summed E-state index contributed by atoms with van der Waals surface area (Å²) in [6, 6.07) is 4.34. The Morgan fingerprint density at radius 3 is 2.07 bits per heavy atom. The third kappa shape index (κ3) is 8.65. The molecule has 5 heterocycles. The number of thiophene rings is 1. The quantitative estimate of drug-likeness (QED) is 0.333. The van der Waals surface area contributed by atoms with Crippen LogP contribution in [0.3, 0.4) is 0 Å². The van der Waals surface area contributed by atoms with Crippen LogP contribution in [-0.4, -0.2) is 89.7 Å². The van der Waals surface area contributed by atoms with Gasteiger partial charge in [-0.05, 0) is 11.4 Å². The molecule has 0 atom stereocenters. The van der Waals surface area contributed by atoms with Crippen molar-refractivity contribution < 1.29 is 46.1 Å². The molecule has 11 nitrogen and oxygen atoms in total. The Balaban J connectivity index is 0.000000276. The maximum atomic E-state index is 10.6. The Morgan fingerprint density at radius 2 is 1.59 bits per heavy atom. The third-order valence-corrected chi connectivity index (χ3v) is 6.39. The first kappa shape index (κ1) is 31.3. The lowest BCUT2D eigenvalue weighted by molar-refractivity contribution is -0.193. The van der Waals surface area contributed by atoms with Crippen molar-refractivity contribution >= 4 is 34.7 Å². The molecule has 0 saturated carbocycles. The number of fused-ring (bicyclic) bond motifs is 1. The van der Waals surface area contributed by atoms with Crippen LogP contribution in [0.2, 0.25) is 0 Å². The number of alkyl halides is 6. The molecule has 4 aromatic heterocycles. The highest BCUT2D eigenvalue weighted by atomic mass is 32.1. The molecule has 222 valence electrons. The summed E-state index contributed by atoms with van der Waals surface area (Å²) in [5.74, 6) is -4.55. The first-order valence-electron chi connectivity index (χ1n) is 11.6. The van der Waals surface area contributed by atoms with Gasteiger partial charge in [-0.25, -0.2) is 19.6 Å². The van der Waals surface area contributed by atoms with E-state index in [0.717, 1.165) is 55.4 Å². The molecule has 5 rings (SSSR count). The lowest BCUT2D eigenvalue weighted by Gasteiger charge is -2.35. The number of piperazine rings is 1. The van der Waals surface area contributed by atoms with Crippen molar-refractivity contribution in [1.29, 1.82) is 0 Å². The van der Waals surface area contributed by atoms with E-state index in [-0.39, 0.29) is 0 Å². The summed E-state index contributed by atoms with van der Waals surface area (Å²) >= 11 is 1.83. The molecule has 1 aliphatic rings. The molecular formula is C23H23F6N7O4S. The van der Waals surface area contributed by atoms with Gasteiger partial charge in [0, 0.05) is 68.8 Å². The van der Waals surface area contributed by atoms with Gasteiger partial charge in [0.15, 0.2) is 11.5 Å². The zero-order valence-corrected chi connectivity index (χ0v) is 22.0. The molecule has 1 saturated heterocycles. The molecule has 0 aromatic carbocycles. The zero-order valence-electron chi connectivity index (χ0n) is 21.2. The monoisotopic (exact) mass is 607 g/mol. The number of carbonyl (C=O) groups is 2. The van der Waals surface area contributed by atoms with E-state index < -0.39 is 24.3 Å². The molecule has 0 bridgehead atoms. The number of hydrogen-bond donors (Lipinski definition) is 2. The summed E-state index contributed by atoms with van der Waals surface area (Å²) in [6.07, 6.45) is -0.548. The van der Waals surface area contributed by atoms with E-state index in [1.54, 1.807) is 0 Å². The molecule has 0 spiro atoms. The average Bonchev–Trinajstić information content (AvgIpc) is 3.65. The Hall–Kier alpha value is -4.19. The first-order valence-corrected chi connectivity index (χ1v) is 12.5. The van der Waals surface area contributed by atoms with E-state index in [2.05, 4.69) is 46.8 Å². The van der Waals surface area contributed by atoms with E-state index in [4.69, 9.17) is 19.8 Å². The van der Waals surface area contributed by atoms with Gasteiger partial charge in [-0.1, -0.05) is 6.07 Å². The Kier molecular flexibility index (Phi) is 9.92. The number of halogens is 6. The zero-order chi connectivity index (χ0) is 30.4. The van der Waals surface area contributed by atoms with Gasteiger partial charge in [0.25, 0.3) is 0 Å². The third-order valence-electron chi connectivity index (χ3n) is 5.53. The van der Waals surface area contributed by atoms with E-state index in [1.807, 2.05) is 54.1 Å². The number of aromatic nitrogens is 5. The van der Waals surface area contributed by atoms with Crippen molar-refractivity contribution in [2.24, 2.45) is 7.05 Å². The molecule has 41 heavy (non-hydrogen) atoms. The highest BCUT2D eigenvalue weighted by Gasteiger charge is 2.38. The summed E-state index contributed by atoms with van der Waals surface area (Å²) in [7, 11) is 1.93. The van der Waals surface area contributed by atoms with Gasteiger partial charge in [0.1, 0.15) is 0 Å². The van der Waals surface area contributed by atoms with Crippen molar-refractivity contribution in [2.75, 3.05) is 31.1 Å². The Labute approximate surface area is 231 Å². The largest absolute Gasteiger partial charge is 0.490 e. The van der Waals surface area contributed by atoms with Gasteiger partial charge < -0.3 is 15.1 Å². The van der Waals surface area contributed by atoms with Crippen LogP contribution in [0, 0.1) is 0 Å². The topological polar surface area (TPSA) is 129 Å². The fourth-order valence-electron chi connectivity index (χ4n) is 3.64. The number of anilines is 1. The van der Waals surface area contributed by atoms with Crippen LogP contribution in [0.5, 0.6) is 0 Å². The highest BCUT2D eigenvalue weighted by Crippen LogP contribution is 2.26. The molecule has 2 N–H and O–H groups in total. The summed E-state index contributed by atoms with van der Waals surface area (Å²) in [5, 5.41) is 20.7. The smallest absolute Gasteiger partial charge is 0.475 e. The van der Waals surface area contributed by atoms with Gasteiger partial charge >= 0.3 is 24.3 Å². The van der Waals surface area contributed by atoms with Gasteiger partial charge in [-0.2, -0.15) is 31.4 Å². The van der Waals surface area contributed by atoms with Gasteiger partial charge in [0.2, 0.25) is 0 Å². The Bertz CT molecular complexity index is 1420. The number of hydrogen-bond acceptors (Lipinski definition) is 8. The second kappa shape index (κ2) is 13.0. The molecule has 0 radical (unpaired) electrons. The van der Waals surface area contributed by atoms with E-state index in [0.29, 0.717) is 0 Å². The molecule has 1 aliphatic heterocycles. The van der Waals surface area contributed by atoms with E-state index in [9.17, 15) is 26.3 Å². The van der Waals surface area contributed by atoms with Crippen molar-refractivity contribution in [1.82, 2.24) is 29.0 Å². The second-order valence-corrected chi connectivity index (χ2v) is 9.47. The number of rotatable bonds is 4. The summed E-state index contributed by atoms with van der Waals surface area (Å²) in [6.45, 7) is 5.05. The van der Waals surface area contributed by atoms with Crippen molar-refractivity contribution in [2.45, 2.75) is 18.9 Å². The standard InChI is InChI=1S/C19H21N7S.2C2HF3O2/c1-23-13-15(11-22-23)17-12-21-19-18(20-4-5-26(17)19)25-8-6-24(7-9-25)14-16-3-2-10-27-16;2*3-2(4,5)1(6)7/h2-5,10-13H,6-9,14H2,1H3;2*(H,6,7). The fourth-order valence-corrected chi connectivity index (χ4v) is 4.38. The minimum absolute atomic E-state index is 0.906. The average molecular weight is 608 g/mol. The minimum atomic E-state index is -5.08. The van der Waals surface area contributed by atoms with Crippen LogP contribution in [0.1, 0.15) is 4.88 Å². The summed E-state index contributed by atoms with van der Waals surface area (Å²) < 4.78 is 67.4. The number of imidazole rings is 1. The van der Waals surface area contributed by atoms with Crippen molar-refractivity contribution in [3.05, 3.63) is 53.4 Å². The number of carboxylic acids is 2. The van der Waals surface area contributed by atoms with Crippen LogP contribution >= 0.6 is 11.3 Å². The van der Waals surface area contributed by atoms with Gasteiger partial charge in [-0.3, -0.25) is 14.0 Å². The minimum Gasteiger partial charge on any atom is -0.475 e. The van der Waals surface area contributed by atoms with Crippen LogP contribution in [0.15, 0.2) is 48.5 Å². The van der Waals surface area contributed by atoms with Crippen molar-refractivity contribution in [3.63, 3.8) is 0 Å². The lowest BCUT2D eigenvalue weighted by Crippen LogP contribution is -2.46. The number of aryl methyl sites for hydroxylation is 1. The number of nitrogens with zero attached hydrogens (tertiary/aromatic N) is 7. The first-order chi connectivity index (χ1) is 19.2. The van der Waals surface area contributed by atoms with Crippen molar-refractivity contribution in [3.8, 4) is 11.3 Å². The molecule has 18 heteroatoms. The Morgan fingerprint density at radius 1 is 0.976 bits per heavy atom. The molecule has 0 amide bonds. The molecule has 0 unspecified atom stereocenters. The number of aliphatic carboxylic acids is 2. The van der Waals surface area contributed by atoms with Crippen LogP contribution in [0.4, 0.5) is 32.2 Å². The summed E-state index contributed by atoms with van der Waals surface area (Å²) in [4.78, 5) is 33.4. The van der Waals surface area contributed by atoms with Crippen LogP contribution in [0.25, 0.3) is 16.9 Å². The predicted octanol–water partition coefficient (Wildman–Crippen LogP) is 3.78. The normalized spacial score (nSPS) is 14.2. The van der Waals surface area contributed by atoms with E-state index in [1.165, 1.54) is 4.88 Å². The van der Waals surface area contributed by atoms with Gasteiger partial charge in [-0.15, -0.1) is 11.3 Å². The number of carboxylic acid groups (broad SMARTS) is 2. The maximum absolute atomic E-state index is 10.6. The summed E-state index contributed by atoms with van der Waals surface area (Å²) in [5.41, 5.74) is 3.00. The van der Waals surface area contributed by atoms with Crippen LogP contribution in [-0.2, 0) is 23.2 Å². The predicted molar refractivity (Wildman–Crippen MR) is 134 cm³/mol. The molecular weight excluding hydrogens is 584 g/mol. The van der Waals surface area contributed by atoms with E-state index >= 15 is 0 Å². The molecule has 4 aromatic rings. The lowest BCUT2D eigenvalue weighted by atomic mass is 10.3.